The molecule has 16 heavy (non-hydrogen) atoms. The Kier molecular flexibility index (Phi) is 5.08. The van der Waals surface area contributed by atoms with Gasteiger partial charge in [0.1, 0.15) is 5.75 Å². The highest BCUT2D eigenvalue weighted by Crippen LogP contribution is 2.22. The van der Waals surface area contributed by atoms with Crippen LogP contribution < -0.4 is 4.74 Å². The zero-order valence-corrected chi connectivity index (χ0v) is 9.66. The summed E-state index contributed by atoms with van der Waals surface area (Å²) < 4.78 is 9.81. The van der Waals surface area contributed by atoms with Crippen molar-refractivity contribution in [1.82, 2.24) is 0 Å². The molecule has 0 saturated carbocycles. The summed E-state index contributed by atoms with van der Waals surface area (Å²) in [6.45, 7) is 0.0510. The van der Waals surface area contributed by atoms with Gasteiger partial charge in [0, 0.05) is 10.6 Å². The van der Waals surface area contributed by atoms with E-state index in [1.165, 1.54) is 7.11 Å². The standard InChI is InChI=1S/C11H13ClO4/c1-15-11(14)4-5-16-10-3-2-9(12)6-8(10)7-13/h2-3,6,13H,4-5,7H2,1H3. The summed E-state index contributed by atoms with van der Waals surface area (Å²) in [5.41, 5.74) is 0.595. The van der Waals surface area contributed by atoms with Crippen molar-refractivity contribution in [3.8, 4) is 5.75 Å². The first kappa shape index (κ1) is 12.8. The number of aliphatic hydroxyl groups excluding tert-OH is 1. The largest absolute Gasteiger partial charge is 0.493 e. The minimum absolute atomic E-state index is 0.159. The number of esters is 1. The van der Waals surface area contributed by atoms with Crippen molar-refractivity contribution >= 4 is 17.6 Å². The van der Waals surface area contributed by atoms with Crippen LogP contribution in [0.25, 0.3) is 0 Å². The van der Waals surface area contributed by atoms with Crippen molar-refractivity contribution in [2.24, 2.45) is 0 Å². The number of ether oxygens (including phenoxy) is 2. The van der Waals surface area contributed by atoms with Crippen LogP contribution in [-0.4, -0.2) is 24.8 Å². The van der Waals surface area contributed by atoms with Gasteiger partial charge in [-0.1, -0.05) is 11.6 Å². The summed E-state index contributed by atoms with van der Waals surface area (Å²) in [7, 11) is 1.32. The minimum atomic E-state index is -0.334. The number of rotatable bonds is 5. The zero-order valence-electron chi connectivity index (χ0n) is 8.90. The quantitative estimate of drug-likeness (QED) is 0.802. The lowest BCUT2D eigenvalue weighted by molar-refractivity contribution is -0.141. The molecular formula is C11H13ClO4. The number of aliphatic hydroxyl groups is 1. The summed E-state index contributed by atoms with van der Waals surface area (Å²) in [4.78, 5) is 10.8. The van der Waals surface area contributed by atoms with Crippen molar-refractivity contribution in [1.29, 1.82) is 0 Å². The first-order valence-electron chi connectivity index (χ1n) is 4.76. The lowest BCUT2D eigenvalue weighted by atomic mass is 10.2. The van der Waals surface area contributed by atoms with Crippen molar-refractivity contribution in [2.75, 3.05) is 13.7 Å². The van der Waals surface area contributed by atoms with Crippen LogP contribution >= 0.6 is 11.6 Å². The van der Waals surface area contributed by atoms with E-state index in [4.69, 9.17) is 21.4 Å². The van der Waals surface area contributed by atoms with Gasteiger partial charge in [-0.3, -0.25) is 4.79 Å². The monoisotopic (exact) mass is 244 g/mol. The van der Waals surface area contributed by atoms with Crippen LogP contribution in [0.15, 0.2) is 18.2 Å². The Morgan fingerprint density at radius 2 is 2.25 bits per heavy atom. The first-order valence-corrected chi connectivity index (χ1v) is 5.14. The van der Waals surface area contributed by atoms with E-state index in [-0.39, 0.29) is 25.6 Å². The second-order valence-electron chi connectivity index (χ2n) is 3.08. The molecule has 1 aromatic carbocycles. The maximum absolute atomic E-state index is 10.8. The van der Waals surface area contributed by atoms with E-state index >= 15 is 0 Å². The number of halogens is 1. The van der Waals surface area contributed by atoms with Gasteiger partial charge in [-0.05, 0) is 18.2 Å². The molecule has 0 aliphatic rings. The molecule has 1 N–H and O–H groups in total. The lowest BCUT2D eigenvalue weighted by Crippen LogP contribution is -2.08. The van der Waals surface area contributed by atoms with Gasteiger partial charge in [0.25, 0.3) is 0 Å². The van der Waals surface area contributed by atoms with E-state index in [9.17, 15) is 4.79 Å². The molecule has 5 heteroatoms. The van der Waals surface area contributed by atoms with Crippen molar-refractivity contribution < 1.29 is 19.4 Å². The van der Waals surface area contributed by atoms with Gasteiger partial charge in [-0.15, -0.1) is 0 Å². The maximum atomic E-state index is 10.8. The second-order valence-corrected chi connectivity index (χ2v) is 3.52. The SMILES string of the molecule is COC(=O)CCOc1ccc(Cl)cc1CO. The summed E-state index contributed by atoms with van der Waals surface area (Å²) in [5.74, 6) is 0.190. The summed E-state index contributed by atoms with van der Waals surface area (Å²) >= 11 is 5.76. The number of hydrogen-bond acceptors (Lipinski definition) is 4. The van der Waals surface area contributed by atoms with Crippen LogP contribution in [0.1, 0.15) is 12.0 Å². The predicted octanol–water partition coefficient (Wildman–Crippen LogP) is 1.77. The highest BCUT2D eigenvalue weighted by molar-refractivity contribution is 6.30. The number of carbonyl (C=O) groups excluding carboxylic acids is 1. The van der Waals surface area contributed by atoms with Crippen LogP contribution in [0.3, 0.4) is 0 Å². The molecule has 0 aliphatic carbocycles. The molecule has 0 heterocycles. The molecular weight excluding hydrogens is 232 g/mol. The summed E-state index contributed by atoms with van der Waals surface area (Å²) in [6.07, 6.45) is 0.171. The fraction of sp³-hybridized carbons (Fsp3) is 0.364. The molecule has 0 bridgehead atoms. The molecule has 0 aliphatic heterocycles. The maximum Gasteiger partial charge on any atom is 0.308 e. The Labute approximate surface area is 98.7 Å². The fourth-order valence-electron chi connectivity index (χ4n) is 1.16. The van der Waals surface area contributed by atoms with Gasteiger partial charge >= 0.3 is 5.97 Å². The van der Waals surface area contributed by atoms with Gasteiger partial charge in [0.05, 0.1) is 26.7 Å². The average Bonchev–Trinajstić information content (AvgIpc) is 2.30. The van der Waals surface area contributed by atoms with Gasteiger partial charge in [0.15, 0.2) is 0 Å². The zero-order chi connectivity index (χ0) is 12.0. The molecule has 0 spiro atoms. The van der Waals surface area contributed by atoms with Gasteiger partial charge < -0.3 is 14.6 Å². The Balaban J connectivity index is 2.56. The number of carbonyl (C=O) groups is 1. The van der Waals surface area contributed by atoms with Gasteiger partial charge in [0.2, 0.25) is 0 Å². The number of hydrogen-bond donors (Lipinski definition) is 1. The topological polar surface area (TPSA) is 55.8 Å². The third kappa shape index (κ3) is 3.72. The molecule has 1 aromatic rings. The van der Waals surface area contributed by atoms with Crippen molar-refractivity contribution in [3.63, 3.8) is 0 Å². The third-order valence-corrected chi connectivity index (χ3v) is 2.22. The van der Waals surface area contributed by atoms with E-state index in [1.807, 2.05) is 0 Å². The fourth-order valence-corrected chi connectivity index (χ4v) is 1.35. The first-order chi connectivity index (χ1) is 7.67. The molecule has 0 fully saturated rings. The van der Waals surface area contributed by atoms with E-state index in [0.717, 1.165) is 0 Å². The van der Waals surface area contributed by atoms with Crippen molar-refractivity contribution in [3.05, 3.63) is 28.8 Å². The smallest absolute Gasteiger partial charge is 0.308 e. The Hall–Kier alpha value is -1.26. The van der Waals surface area contributed by atoms with Crippen LogP contribution in [0.5, 0.6) is 5.75 Å². The number of benzene rings is 1. The molecule has 0 unspecified atom stereocenters. The third-order valence-electron chi connectivity index (χ3n) is 1.98. The predicted molar refractivity (Wildman–Crippen MR) is 59.5 cm³/mol. The highest BCUT2D eigenvalue weighted by atomic mass is 35.5. The van der Waals surface area contributed by atoms with Crippen LogP contribution in [0, 0.1) is 0 Å². The Morgan fingerprint density at radius 1 is 1.50 bits per heavy atom. The van der Waals surface area contributed by atoms with Crippen LogP contribution in [0.4, 0.5) is 0 Å². The highest BCUT2D eigenvalue weighted by Gasteiger charge is 2.05. The Morgan fingerprint density at radius 3 is 2.88 bits per heavy atom. The van der Waals surface area contributed by atoms with E-state index in [1.54, 1.807) is 18.2 Å². The molecule has 1 rings (SSSR count). The second kappa shape index (κ2) is 6.35. The van der Waals surface area contributed by atoms with E-state index in [2.05, 4.69) is 4.74 Å². The van der Waals surface area contributed by atoms with Crippen molar-refractivity contribution in [2.45, 2.75) is 13.0 Å². The summed E-state index contributed by atoms with van der Waals surface area (Å²) in [6, 6.07) is 4.94. The molecule has 0 aromatic heterocycles. The minimum Gasteiger partial charge on any atom is -0.493 e. The van der Waals surface area contributed by atoms with E-state index < -0.39 is 0 Å². The lowest BCUT2D eigenvalue weighted by Gasteiger charge is -2.09. The normalized spacial score (nSPS) is 9.94. The molecule has 0 atom stereocenters. The molecule has 88 valence electrons. The number of methoxy groups -OCH3 is 1. The van der Waals surface area contributed by atoms with Gasteiger partial charge in [-0.25, -0.2) is 0 Å². The molecule has 0 amide bonds. The van der Waals surface area contributed by atoms with Gasteiger partial charge in [-0.2, -0.15) is 0 Å². The molecule has 0 saturated heterocycles. The summed E-state index contributed by atoms with van der Waals surface area (Å²) in [5, 5.41) is 9.60. The molecule has 4 nitrogen and oxygen atoms in total. The Bertz CT molecular complexity index is 365. The van der Waals surface area contributed by atoms with Crippen LogP contribution in [-0.2, 0) is 16.1 Å². The van der Waals surface area contributed by atoms with E-state index in [0.29, 0.717) is 16.3 Å². The molecule has 0 radical (unpaired) electrons. The van der Waals surface area contributed by atoms with Crippen LogP contribution in [0.2, 0.25) is 5.02 Å². The average molecular weight is 245 g/mol.